The van der Waals surface area contributed by atoms with Crippen molar-refractivity contribution in [1.82, 2.24) is 4.90 Å². The van der Waals surface area contributed by atoms with Crippen LogP contribution in [-0.2, 0) is 0 Å². The van der Waals surface area contributed by atoms with Gasteiger partial charge in [0.2, 0.25) is 0 Å². The van der Waals surface area contributed by atoms with Gasteiger partial charge in [0.15, 0.2) is 0 Å². The van der Waals surface area contributed by atoms with Crippen LogP contribution in [0.2, 0.25) is 0 Å². The minimum Gasteiger partial charge on any atom is -0.457 e. The van der Waals surface area contributed by atoms with Gasteiger partial charge in [-0.2, -0.15) is 0 Å². The summed E-state index contributed by atoms with van der Waals surface area (Å²) in [6.45, 7) is 5.91. The standard InChI is InChI=1S/C20H23F3N2O/c1-5-25(4)12-24-18-11-17(20(22)23)19(9-13(18)2)26-16-8-6-7-15(10-16)14(3)21/h6-12,14,20H,5H2,1-4H3. The highest BCUT2D eigenvalue weighted by Crippen LogP contribution is 2.37. The number of aliphatic imine (C=N–C) groups is 1. The molecule has 0 heterocycles. The van der Waals surface area contributed by atoms with Crippen LogP contribution in [-0.4, -0.2) is 24.8 Å². The van der Waals surface area contributed by atoms with E-state index in [2.05, 4.69) is 4.99 Å². The van der Waals surface area contributed by atoms with Crippen molar-refractivity contribution in [3.8, 4) is 11.5 Å². The van der Waals surface area contributed by atoms with Gasteiger partial charge in [0, 0.05) is 13.6 Å². The highest BCUT2D eigenvalue weighted by atomic mass is 19.3. The van der Waals surface area contributed by atoms with Gasteiger partial charge in [-0.25, -0.2) is 18.2 Å². The average Bonchev–Trinajstić information content (AvgIpc) is 2.60. The van der Waals surface area contributed by atoms with E-state index in [-0.39, 0.29) is 11.3 Å². The molecule has 3 nitrogen and oxygen atoms in total. The molecule has 2 rings (SSSR count). The molecule has 2 aromatic carbocycles. The molecule has 6 heteroatoms. The summed E-state index contributed by atoms with van der Waals surface area (Å²) in [6.07, 6.45) is -2.28. The van der Waals surface area contributed by atoms with Gasteiger partial charge in [-0.1, -0.05) is 12.1 Å². The second-order valence-electron chi connectivity index (χ2n) is 6.09. The third-order valence-electron chi connectivity index (χ3n) is 4.00. The lowest BCUT2D eigenvalue weighted by Crippen LogP contribution is -2.14. The largest absolute Gasteiger partial charge is 0.457 e. The number of nitrogens with zero attached hydrogens (tertiary/aromatic N) is 2. The van der Waals surface area contributed by atoms with Crippen molar-refractivity contribution in [2.75, 3.05) is 13.6 Å². The Kier molecular flexibility index (Phi) is 6.66. The Morgan fingerprint density at radius 3 is 2.54 bits per heavy atom. The van der Waals surface area contributed by atoms with E-state index in [1.165, 1.54) is 25.1 Å². The lowest BCUT2D eigenvalue weighted by atomic mass is 10.1. The number of benzene rings is 2. The van der Waals surface area contributed by atoms with Crippen LogP contribution in [0.1, 0.15) is 43.1 Å². The Labute approximate surface area is 152 Å². The molecule has 0 spiro atoms. The van der Waals surface area contributed by atoms with Crippen LogP contribution < -0.4 is 4.74 Å². The first-order valence-electron chi connectivity index (χ1n) is 8.40. The molecule has 26 heavy (non-hydrogen) atoms. The number of hydrogen-bond acceptors (Lipinski definition) is 2. The van der Waals surface area contributed by atoms with E-state index in [4.69, 9.17) is 4.74 Å². The maximum absolute atomic E-state index is 13.5. The minimum absolute atomic E-state index is 0.0453. The summed E-state index contributed by atoms with van der Waals surface area (Å²) in [5.41, 5.74) is 1.35. The molecule has 0 aliphatic carbocycles. The molecule has 0 radical (unpaired) electrons. The van der Waals surface area contributed by atoms with E-state index in [0.29, 0.717) is 22.6 Å². The summed E-state index contributed by atoms with van der Waals surface area (Å²) in [6, 6.07) is 9.24. The summed E-state index contributed by atoms with van der Waals surface area (Å²) in [7, 11) is 1.85. The Bertz CT molecular complexity index is 776. The third-order valence-corrected chi connectivity index (χ3v) is 4.00. The van der Waals surface area contributed by atoms with Gasteiger partial charge < -0.3 is 9.64 Å². The molecule has 1 unspecified atom stereocenters. The molecule has 2 aromatic rings. The van der Waals surface area contributed by atoms with Crippen LogP contribution in [0.15, 0.2) is 41.4 Å². The second-order valence-corrected chi connectivity index (χ2v) is 6.09. The van der Waals surface area contributed by atoms with Gasteiger partial charge in [-0.3, -0.25) is 0 Å². The van der Waals surface area contributed by atoms with Crippen LogP contribution in [0.4, 0.5) is 18.9 Å². The SMILES string of the molecule is CCN(C)C=Nc1cc(C(F)F)c(Oc2cccc(C(C)F)c2)cc1C. The van der Waals surface area contributed by atoms with Gasteiger partial charge in [0.05, 0.1) is 17.6 Å². The zero-order valence-electron chi connectivity index (χ0n) is 15.3. The molecule has 0 amide bonds. The predicted molar refractivity (Wildman–Crippen MR) is 98.6 cm³/mol. The van der Waals surface area contributed by atoms with E-state index in [9.17, 15) is 13.2 Å². The van der Waals surface area contributed by atoms with Crippen LogP contribution in [0.25, 0.3) is 0 Å². The average molecular weight is 364 g/mol. The highest BCUT2D eigenvalue weighted by molar-refractivity contribution is 5.65. The zero-order valence-corrected chi connectivity index (χ0v) is 15.3. The first-order valence-corrected chi connectivity index (χ1v) is 8.40. The van der Waals surface area contributed by atoms with Crippen LogP contribution in [0.3, 0.4) is 0 Å². The van der Waals surface area contributed by atoms with Gasteiger partial charge in [0.25, 0.3) is 6.43 Å². The fraction of sp³-hybridized carbons (Fsp3) is 0.350. The Morgan fingerprint density at radius 1 is 1.19 bits per heavy atom. The molecule has 0 N–H and O–H groups in total. The zero-order chi connectivity index (χ0) is 19.3. The highest BCUT2D eigenvalue weighted by Gasteiger charge is 2.18. The predicted octanol–water partition coefficient (Wildman–Crippen LogP) is 6.37. The fourth-order valence-electron chi connectivity index (χ4n) is 2.28. The summed E-state index contributed by atoms with van der Waals surface area (Å²) in [5.74, 6) is 0.360. The van der Waals surface area contributed by atoms with E-state index in [0.717, 1.165) is 6.54 Å². The normalized spacial score (nSPS) is 12.6. The smallest absolute Gasteiger partial charge is 0.267 e. The fourth-order valence-corrected chi connectivity index (χ4v) is 2.28. The molecule has 140 valence electrons. The molecule has 1 atom stereocenters. The monoisotopic (exact) mass is 364 g/mol. The molecule has 0 bridgehead atoms. The van der Waals surface area contributed by atoms with Gasteiger partial charge in [0.1, 0.15) is 17.7 Å². The summed E-state index contributed by atoms with van der Waals surface area (Å²) < 4.78 is 46.1. The van der Waals surface area contributed by atoms with Crippen molar-refractivity contribution in [1.29, 1.82) is 0 Å². The van der Waals surface area contributed by atoms with E-state index in [1.54, 1.807) is 31.5 Å². The summed E-state index contributed by atoms with van der Waals surface area (Å²) in [4.78, 5) is 6.11. The first kappa shape index (κ1) is 19.8. The number of rotatable bonds is 7. The van der Waals surface area contributed by atoms with Crippen LogP contribution >= 0.6 is 0 Å². The molecule has 0 aliphatic rings. The van der Waals surface area contributed by atoms with Gasteiger partial charge in [-0.05, 0) is 56.2 Å². The topological polar surface area (TPSA) is 24.8 Å². The number of ether oxygens (including phenoxy) is 1. The summed E-state index contributed by atoms with van der Waals surface area (Å²) in [5, 5.41) is 0. The quantitative estimate of drug-likeness (QED) is 0.421. The summed E-state index contributed by atoms with van der Waals surface area (Å²) >= 11 is 0. The Balaban J connectivity index is 2.38. The van der Waals surface area contributed by atoms with E-state index < -0.39 is 12.6 Å². The van der Waals surface area contributed by atoms with Crippen molar-refractivity contribution < 1.29 is 17.9 Å². The minimum atomic E-state index is -2.72. The van der Waals surface area contributed by atoms with Crippen molar-refractivity contribution in [2.24, 2.45) is 4.99 Å². The molecule has 0 aliphatic heterocycles. The molecular formula is C20H23F3N2O. The lowest BCUT2D eigenvalue weighted by molar-refractivity contribution is 0.148. The molecule has 0 saturated heterocycles. The molecular weight excluding hydrogens is 341 g/mol. The van der Waals surface area contributed by atoms with Crippen molar-refractivity contribution in [3.05, 3.63) is 53.1 Å². The van der Waals surface area contributed by atoms with Crippen molar-refractivity contribution in [3.63, 3.8) is 0 Å². The van der Waals surface area contributed by atoms with Gasteiger partial charge in [-0.15, -0.1) is 0 Å². The number of halogens is 3. The second kappa shape index (κ2) is 8.74. The Hall–Kier alpha value is -2.50. The maximum atomic E-state index is 13.5. The number of aryl methyl sites for hydroxylation is 1. The Morgan fingerprint density at radius 2 is 1.92 bits per heavy atom. The lowest BCUT2D eigenvalue weighted by Gasteiger charge is -2.15. The van der Waals surface area contributed by atoms with Crippen LogP contribution in [0, 0.1) is 6.92 Å². The molecule has 0 saturated carbocycles. The maximum Gasteiger partial charge on any atom is 0.267 e. The third kappa shape index (κ3) is 5.00. The van der Waals surface area contributed by atoms with E-state index >= 15 is 0 Å². The van der Waals surface area contributed by atoms with Gasteiger partial charge >= 0.3 is 0 Å². The van der Waals surface area contributed by atoms with Crippen molar-refractivity contribution in [2.45, 2.75) is 33.4 Å². The molecule has 0 fully saturated rings. The number of hydrogen-bond donors (Lipinski definition) is 0. The number of alkyl halides is 3. The van der Waals surface area contributed by atoms with E-state index in [1.807, 2.05) is 18.9 Å². The van der Waals surface area contributed by atoms with Crippen molar-refractivity contribution >= 4 is 12.0 Å². The molecule has 0 aromatic heterocycles. The van der Waals surface area contributed by atoms with Crippen LogP contribution in [0.5, 0.6) is 11.5 Å². The first-order chi connectivity index (χ1) is 12.3.